The number of piperidine rings is 1. The zero-order chi connectivity index (χ0) is 22.0. The van der Waals surface area contributed by atoms with E-state index in [0.29, 0.717) is 37.9 Å². The summed E-state index contributed by atoms with van der Waals surface area (Å²) in [6.45, 7) is 3.95. The van der Waals surface area contributed by atoms with E-state index in [9.17, 15) is 13.2 Å². The molecule has 10 heteroatoms. The van der Waals surface area contributed by atoms with Crippen LogP contribution in [0.5, 0.6) is 5.75 Å². The number of anilines is 1. The highest BCUT2D eigenvalue weighted by atomic mass is 32.2. The van der Waals surface area contributed by atoms with Crippen molar-refractivity contribution >= 4 is 42.6 Å². The average molecular weight is 468 g/mol. The molecule has 1 aromatic carbocycles. The molecule has 2 aliphatic heterocycles. The molecule has 2 atom stereocenters. The maximum Gasteiger partial charge on any atom is 0.247 e. The molecule has 0 saturated carbocycles. The summed E-state index contributed by atoms with van der Waals surface area (Å²) in [6.07, 6.45) is 5.07. The Balaban J connectivity index is 1.68. The Labute approximate surface area is 187 Å². The number of nitrogens with zero attached hydrogens (tertiary/aromatic N) is 3. The number of thiazole rings is 1. The van der Waals surface area contributed by atoms with E-state index >= 15 is 0 Å². The lowest BCUT2D eigenvalue weighted by molar-refractivity contribution is -0.123. The molecule has 2 saturated heterocycles. The van der Waals surface area contributed by atoms with Gasteiger partial charge in [0.2, 0.25) is 15.9 Å². The molecule has 0 bridgehead atoms. The number of rotatable bonds is 7. The summed E-state index contributed by atoms with van der Waals surface area (Å²) >= 11 is 1.42. The minimum atomic E-state index is -3.48. The van der Waals surface area contributed by atoms with Crippen molar-refractivity contribution in [2.24, 2.45) is 0 Å². The summed E-state index contributed by atoms with van der Waals surface area (Å²) in [5.41, 5.74) is 0.789. The van der Waals surface area contributed by atoms with Gasteiger partial charge in [-0.15, -0.1) is 0 Å². The highest BCUT2D eigenvalue weighted by molar-refractivity contribution is 7.88. The monoisotopic (exact) mass is 467 g/mol. The molecule has 8 nitrogen and oxygen atoms in total. The fraction of sp³-hybridized carbons (Fsp3) is 0.619. The van der Waals surface area contributed by atoms with Crippen LogP contribution in [-0.2, 0) is 19.6 Å². The molecule has 0 N–H and O–H groups in total. The summed E-state index contributed by atoms with van der Waals surface area (Å²) in [4.78, 5) is 20.0. The zero-order valence-corrected chi connectivity index (χ0v) is 19.6. The molecule has 3 heterocycles. The van der Waals surface area contributed by atoms with Gasteiger partial charge >= 0.3 is 0 Å². The maximum atomic E-state index is 13.7. The van der Waals surface area contributed by atoms with Crippen LogP contribution < -0.4 is 9.64 Å². The Morgan fingerprint density at radius 3 is 2.87 bits per heavy atom. The van der Waals surface area contributed by atoms with Crippen molar-refractivity contribution in [2.45, 2.75) is 51.2 Å². The Hall–Kier alpha value is -1.75. The van der Waals surface area contributed by atoms with E-state index in [1.54, 1.807) is 4.90 Å². The summed E-state index contributed by atoms with van der Waals surface area (Å²) in [5.74, 6) is 0.544. The Morgan fingerprint density at radius 2 is 2.16 bits per heavy atom. The Bertz CT molecular complexity index is 1030. The van der Waals surface area contributed by atoms with E-state index in [-0.39, 0.29) is 12.0 Å². The van der Waals surface area contributed by atoms with Crippen LogP contribution in [0.25, 0.3) is 10.2 Å². The molecule has 2 aliphatic rings. The van der Waals surface area contributed by atoms with Crippen molar-refractivity contribution < 1.29 is 22.7 Å². The van der Waals surface area contributed by atoms with Gasteiger partial charge in [-0.05, 0) is 50.8 Å². The number of aromatic nitrogens is 1. The molecule has 0 aliphatic carbocycles. The molecule has 2 aromatic rings. The molecule has 2 unspecified atom stereocenters. The smallest absolute Gasteiger partial charge is 0.247 e. The van der Waals surface area contributed by atoms with Crippen LogP contribution in [0.4, 0.5) is 5.13 Å². The number of sulfonamides is 1. The predicted octanol–water partition coefficient (Wildman–Crippen LogP) is 3.02. The largest absolute Gasteiger partial charge is 0.494 e. The second-order valence-electron chi connectivity index (χ2n) is 8.03. The number of carbonyl (C=O) groups excluding carboxylic acids is 1. The van der Waals surface area contributed by atoms with Crippen molar-refractivity contribution in [1.29, 1.82) is 0 Å². The van der Waals surface area contributed by atoms with Gasteiger partial charge < -0.3 is 9.47 Å². The van der Waals surface area contributed by atoms with Crippen LogP contribution in [0.15, 0.2) is 18.2 Å². The van der Waals surface area contributed by atoms with Crippen LogP contribution in [0.3, 0.4) is 0 Å². The van der Waals surface area contributed by atoms with Gasteiger partial charge in [-0.25, -0.2) is 13.4 Å². The molecule has 2 fully saturated rings. The second-order valence-corrected chi connectivity index (χ2v) is 11.0. The lowest BCUT2D eigenvalue weighted by Gasteiger charge is -2.35. The first-order valence-electron chi connectivity index (χ1n) is 10.8. The summed E-state index contributed by atoms with van der Waals surface area (Å²) in [5, 5.41) is 0.572. The number of hydrogen-bond acceptors (Lipinski definition) is 7. The average Bonchev–Trinajstić information content (AvgIpc) is 3.40. The Morgan fingerprint density at radius 1 is 1.32 bits per heavy atom. The van der Waals surface area contributed by atoms with Crippen molar-refractivity contribution in [3.8, 4) is 5.75 Å². The first-order valence-corrected chi connectivity index (χ1v) is 13.5. The lowest BCUT2D eigenvalue weighted by atomic mass is 10.0. The first-order chi connectivity index (χ1) is 14.9. The predicted molar refractivity (Wildman–Crippen MR) is 121 cm³/mol. The summed E-state index contributed by atoms with van der Waals surface area (Å²) < 4.78 is 38.4. The molecule has 31 heavy (non-hydrogen) atoms. The summed E-state index contributed by atoms with van der Waals surface area (Å²) in [6, 6.07) is 4.99. The van der Waals surface area contributed by atoms with E-state index in [1.807, 2.05) is 25.1 Å². The number of benzene rings is 1. The topological polar surface area (TPSA) is 89.0 Å². The first kappa shape index (κ1) is 22.4. The van der Waals surface area contributed by atoms with Crippen molar-refractivity contribution in [3.63, 3.8) is 0 Å². The third-order valence-electron chi connectivity index (χ3n) is 5.73. The highest BCUT2D eigenvalue weighted by Crippen LogP contribution is 2.34. The number of hydrogen-bond donors (Lipinski definition) is 0. The number of fused-ring (bicyclic) bond motifs is 1. The van der Waals surface area contributed by atoms with Crippen LogP contribution in [0, 0.1) is 0 Å². The van der Waals surface area contributed by atoms with Crippen molar-refractivity contribution in [3.05, 3.63) is 18.2 Å². The quantitative estimate of drug-likeness (QED) is 0.622. The number of carbonyl (C=O) groups is 1. The van der Waals surface area contributed by atoms with Crippen LogP contribution >= 0.6 is 11.3 Å². The molecule has 1 aromatic heterocycles. The van der Waals surface area contributed by atoms with Gasteiger partial charge in [0.15, 0.2) is 5.13 Å². The molecule has 0 spiro atoms. The van der Waals surface area contributed by atoms with Gasteiger partial charge in [-0.1, -0.05) is 17.8 Å². The minimum Gasteiger partial charge on any atom is -0.494 e. The van der Waals surface area contributed by atoms with Gasteiger partial charge in [-0.2, -0.15) is 4.31 Å². The highest BCUT2D eigenvalue weighted by Gasteiger charge is 2.39. The van der Waals surface area contributed by atoms with Gasteiger partial charge in [0.05, 0.1) is 35.7 Å². The van der Waals surface area contributed by atoms with Gasteiger partial charge in [0.25, 0.3) is 0 Å². The van der Waals surface area contributed by atoms with Crippen LogP contribution in [0.2, 0.25) is 0 Å². The second kappa shape index (κ2) is 9.40. The SMILES string of the molecule is CCOc1ccc2nc(N(CC3CCCO3)C(=O)C3CCCCN3S(C)(=O)=O)sc2c1. The fourth-order valence-corrected chi connectivity index (χ4v) is 6.37. The maximum absolute atomic E-state index is 13.7. The molecular formula is C21H29N3O5S2. The fourth-order valence-electron chi connectivity index (χ4n) is 4.25. The van der Waals surface area contributed by atoms with E-state index in [0.717, 1.165) is 41.6 Å². The van der Waals surface area contributed by atoms with Gasteiger partial charge in [-0.3, -0.25) is 9.69 Å². The van der Waals surface area contributed by atoms with Crippen molar-refractivity contribution in [2.75, 3.05) is 37.5 Å². The van der Waals surface area contributed by atoms with Crippen molar-refractivity contribution in [1.82, 2.24) is 9.29 Å². The Kier molecular flexibility index (Phi) is 6.80. The van der Waals surface area contributed by atoms with Gasteiger partial charge in [0, 0.05) is 13.2 Å². The molecule has 4 rings (SSSR count). The third kappa shape index (κ3) is 5.02. The number of ether oxygens (including phenoxy) is 2. The van der Waals surface area contributed by atoms with E-state index in [4.69, 9.17) is 14.5 Å². The standard InChI is InChI=1S/C21H29N3O5S2/c1-3-28-15-9-10-17-19(13-15)30-21(22-17)23(14-16-7-6-12-29-16)20(25)18-8-4-5-11-24(18)31(2,26)27/h9-10,13,16,18H,3-8,11-12,14H2,1-2H3. The van der Waals surface area contributed by atoms with E-state index in [1.165, 1.54) is 21.9 Å². The normalized spacial score (nSPS) is 22.6. The molecule has 1 amide bonds. The van der Waals surface area contributed by atoms with Gasteiger partial charge in [0.1, 0.15) is 11.8 Å². The lowest BCUT2D eigenvalue weighted by Crippen LogP contribution is -2.54. The number of amides is 1. The van der Waals surface area contributed by atoms with Crippen LogP contribution in [-0.4, -0.2) is 68.3 Å². The third-order valence-corrected chi connectivity index (χ3v) is 8.06. The summed E-state index contributed by atoms with van der Waals surface area (Å²) in [7, 11) is -3.48. The molecule has 170 valence electrons. The zero-order valence-electron chi connectivity index (χ0n) is 18.0. The van der Waals surface area contributed by atoms with E-state index in [2.05, 4.69) is 0 Å². The minimum absolute atomic E-state index is 0.0646. The molecular weight excluding hydrogens is 438 g/mol. The molecule has 0 radical (unpaired) electrons. The van der Waals surface area contributed by atoms with Crippen LogP contribution in [0.1, 0.15) is 39.0 Å². The van der Waals surface area contributed by atoms with E-state index < -0.39 is 16.1 Å².